The van der Waals surface area contributed by atoms with Crippen molar-refractivity contribution in [1.82, 2.24) is 5.32 Å². The molecule has 0 bridgehead atoms. The van der Waals surface area contributed by atoms with Gasteiger partial charge in [-0.2, -0.15) is 0 Å². The number of aliphatic hydroxyl groups is 1. The van der Waals surface area contributed by atoms with E-state index in [-0.39, 0.29) is 12.0 Å². The molecule has 2 atom stereocenters. The van der Waals surface area contributed by atoms with Crippen LogP contribution in [0.3, 0.4) is 0 Å². The minimum absolute atomic E-state index is 0.0820. The first kappa shape index (κ1) is 11.5. The Hall–Kier alpha value is -1.00. The van der Waals surface area contributed by atoms with Crippen molar-refractivity contribution in [3.8, 4) is 0 Å². The maximum absolute atomic E-state index is 13.0. The summed E-state index contributed by atoms with van der Waals surface area (Å²) in [6, 6.07) is 3.91. The van der Waals surface area contributed by atoms with E-state index in [2.05, 4.69) is 5.32 Å². The van der Waals surface area contributed by atoms with Gasteiger partial charge in [-0.15, -0.1) is 0 Å². The molecule has 1 heterocycles. The van der Waals surface area contributed by atoms with Gasteiger partial charge in [0.1, 0.15) is 0 Å². The lowest BCUT2D eigenvalue weighted by molar-refractivity contribution is 0.0791. The highest BCUT2D eigenvalue weighted by Crippen LogP contribution is 2.18. The van der Waals surface area contributed by atoms with Crippen molar-refractivity contribution in [2.24, 2.45) is 5.92 Å². The molecule has 2 N–H and O–H groups in total. The molecule has 0 amide bonds. The standard InChI is InChI=1S/C12H15F2NO/c13-10-2-1-8(6-11(10)14)5-9-7-15-4-3-12(9)16/h1-2,6,9,12,15-16H,3-5,7H2. The summed E-state index contributed by atoms with van der Waals surface area (Å²) in [6.07, 6.45) is 0.939. The monoisotopic (exact) mass is 227 g/mol. The first-order valence-electron chi connectivity index (χ1n) is 5.49. The van der Waals surface area contributed by atoms with Crippen LogP contribution in [0.2, 0.25) is 0 Å². The fourth-order valence-corrected chi connectivity index (χ4v) is 2.09. The quantitative estimate of drug-likeness (QED) is 0.802. The summed E-state index contributed by atoms with van der Waals surface area (Å²) >= 11 is 0. The molecule has 4 heteroatoms. The lowest BCUT2D eigenvalue weighted by atomic mass is 9.90. The molecule has 2 rings (SSSR count). The maximum atomic E-state index is 13.0. The smallest absolute Gasteiger partial charge is 0.159 e. The number of nitrogens with one attached hydrogen (secondary N) is 1. The third-order valence-electron chi connectivity index (χ3n) is 3.05. The number of piperidine rings is 1. The van der Waals surface area contributed by atoms with Gasteiger partial charge in [-0.1, -0.05) is 6.07 Å². The van der Waals surface area contributed by atoms with E-state index in [1.807, 2.05) is 0 Å². The number of halogens is 2. The van der Waals surface area contributed by atoms with E-state index in [1.54, 1.807) is 6.07 Å². The van der Waals surface area contributed by atoms with Gasteiger partial charge >= 0.3 is 0 Å². The topological polar surface area (TPSA) is 32.3 Å². The average molecular weight is 227 g/mol. The van der Waals surface area contributed by atoms with Crippen LogP contribution in [-0.4, -0.2) is 24.3 Å². The van der Waals surface area contributed by atoms with Gasteiger partial charge < -0.3 is 10.4 Å². The fraction of sp³-hybridized carbons (Fsp3) is 0.500. The molecule has 16 heavy (non-hydrogen) atoms. The highest BCUT2D eigenvalue weighted by molar-refractivity contribution is 5.18. The Labute approximate surface area is 93.3 Å². The maximum Gasteiger partial charge on any atom is 0.159 e. The average Bonchev–Trinajstić information content (AvgIpc) is 2.27. The van der Waals surface area contributed by atoms with Gasteiger partial charge in [0.25, 0.3) is 0 Å². The van der Waals surface area contributed by atoms with E-state index in [4.69, 9.17) is 0 Å². The van der Waals surface area contributed by atoms with Crippen LogP contribution in [0.5, 0.6) is 0 Å². The van der Waals surface area contributed by atoms with E-state index >= 15 is 0 Å². The van der Waals surface area contributed by atoms with Crippen molar-refractivity contribution in [2.45, 2.75) is 18.9 Å². The molecule has 0 saturated carbocycles. The zero-order valence-electron chi connectivity index (χ0n) is 8.92. The van der Waals surface area contributed by atoms with Crippen LogP contribution in [-0.2, 0) is 6.42 Å². The molecule has 1 aromatic carbocycles. The van der Waals surface area contributed by atoms with Crippen molar-refractivity contribution < 1.29 is 13.9 Å². The summed E-state index contributed by atoms with van der Waals surface area (Å²) < 4.78 is 25.7. The van der Waals surface area contributed by atoms with Gasteiger partial charge in [-0.05, 0) is 37.1 Å². The Bertz CT molecular complexity index is 370. The lowest BCUT2D eigenvalue weighted by Crippen LogP contribution is -2.40. The molecule has 0 aliphatic carbocycles. The van der Waals surface area contributed by atoms with Crippen molar-refractivity contribution in [2.75, 3.05) is 13.1 Å². The summed E-state index contributed by atoms with van der Waals surface area (Å²) in [5.74, 6) is -1.57. The van der Waals surface area contributed by atoms with Gasteiger partial charge in [0.05, 0.1) is 6.10 Å². The summed E-state index contributed by atoms with van der Waals surface area (Å²) in [4.78, 5) is 0. The second-order valence-electron chi connectivity index (χ2n) is 4.27. The van der Waals surface area contributed by atoms with Gasteiger partial charge in [-0.25, -0.2) is 8.78 Å². The second-order valence-corrected chi connectivity index (χ2v) is 4.27. The molecule has 1 aliphatic heterocycles. The number of aliphatic hydroxyl groups excluding tert-OH is 1. The summed E-state index contributed by atoms with van der Waals surface area (Å²) in [5.41, 5.74) is 0.728. The molecule has 0 spiro atoms. The molecule has 0 radical (unpaired) electrons. The molecular weight excluding hydrogens is 212 g/mol. The minimum Gasteiger partial charge on any atom is -0.393 e. The first-order valence-corrected chi connectivity index (χ1v) is 5.49. The largest absolute Gasteiger partial charge is 0.393 e. The van der Waals surface area contributed by atoms with Crippen molar-refractivity contribution in [1.29, 1.82) is 0 Å². The van der Waals surface area contributed by atoms with Gasteiger partial charge in [-0.3, -0.25) is 0 Å². The molecule has 1 saturated heterocycles. The van der Waals surface area contributed by atoms with Crippen molar-refractivity contribution in [3.05, 3.63) is 35.4 Å². The lowest BCUT2D eigenvalue weighted by Gasteiger charge is -2.28. The highest BCUT2D eigenvalue weighted by atomic mass is 19.2. The van der Waals surface area contributed by atoms with Gasteiger partial charge in [0, 0.05) is 12.5 Å². The zero-order valence-corrected chi connectivity index (χ0v) is 8.92. The van der Waals surface area contributed by atoms with Crippen molar-refractivity contribution >= 4 is 0 Å². The molecule has 0 aromatic heterocycles. The molecule has 2 nitrogen and oxygen atoms in total. The fourth-order valence-electron chi connectivity index (χ4n) is 2.09. The van der Waals surface area contributed by atoms with Crippen LogP contribution in [0.4, 0.5) is 8.78 Å². The van der Waals surface area contributed by atoms with Crippen molar-refractivity contribution in [3.63, 3.8) is 0 Å². The van der Waals surface area contributed by atoms with E-state index in [0.29, 0.717) is 12.8 Å². The number of rotatable bonds is 2. The Morgan fingerprint density at radius 2 is 2.12 bits per heavy atom. The Morgan fingerprint density at radius 1 is 1.31 bits per heavy atom. The van der Waals surface area contributed by atoms with Gasteiger partial charge in [0.2, 0.25) is 0 Å². The van der Waals surface area contributed by atoms with E-state index in [9.17, 15) is 13.9 Å². The normalized spacial score (nSPS) is 25.7. The van der Waals surface area contributed by atoms with Gasteiger partial charge in [0.15, 0.2) is 11.6 Å². The summed E-state index contributed by atoms with van der Waals surface area (Å²) in [7, 11) is 0. The Balaban J connectivity index is 2.05. The van der Waals surface area contributed by atoms with E-state index in [0.717, 1.165) is 24.7 Å². The number of benzene rings is 1. The molecule has 1 aliphatic rings. The summed E-state index contributed by atoms with van der Waals surface area (Å²) in [5, 5.41) is 12.9. The highest BCUT2D eigenvalue weighted by Gasteiger charge is 2.23. The predicted octanol–water partition coefficient (Wildman–Crippen LogP) is 1.48. The zero-order chi connectivity index (χ0) is 11.5. The van der Waals surface area contributed by atoms with Crippen LogP contribution in [0.25, 0.3) is 0 Å². The van der Waals surface area contributed by atoms with Crippen LogP contribution < -0.4 is 5.32 Å². The molecule has 1 aromatic rings. The second kappa shape index (κ2) is 4.89. The third kappa shape index (κ3) is 2.57. The third-order valence-corrected chi connectivity index (χ3v) is 3.05. The molecular formula is C12H15F2NO. The summed E-state index contributed by atoms with van der Waals surface area (Å²) in [6.45, 7) is 1.54. The number of hydrogen-bond donors (Lipinski definition) is 2. The van der Waals surface area contributed by atoms with E-state index in [1.165, 1.54) is 6.07 Å². The molecule has 2 unspecified atom stereocenters. The van der Waals surface area contributed by atoms with Crippen LogP contribution >= 0.6 is 0 Å². The van der Waals surface area contributed by atoms with Crippen LogP contribution in [0, 0.1) is 17.6 Å². The van der Waals surface area contributed by atoms with Crippen LogP contribution in [0.15, 0.2) is 18.2 Å². The molecule has 88 valence electrons. The Kier molecular flexibility index (Phi) is 3.51. The van der Waals surface area contributed by atoms with Crippen LogP contribution in [0.1, 0.15) is 12.0 Å². The Morgan fingerprint density at radius 3 is 2.81 bits per heavy atom. The van der Waals surface area contributed by atoms with E-state index < -0.39 is 11.6 Å². The number of hydrogen-bond acceptors (Lipinski definition) is 2. The predicted molar refractivity (Wildman–Crippen MR) is 57.0 cm³/mol. The first-order chi connectivity index (χ1) is 7.66. The molecule has 1 fully saturated rings. The SMILES string of the molecule is OC1CCNCC1Cc1ccc(F)c(F)c1. The minimum atomic E-state index is -0.828.